The molecule has 0 atom stereocenters. The molecule has 0 radical (unpaired) electrons. The number of rotatable bonds is 10. The minimum absolute atomic E-state index is 0.0746. The van der Waals surface area contributed by atoms with Crippen LogP contribution in [0.25, 0.3) is 11.0 Å². The van der Waals surface area contributed by atoms with Crippen LogP contribution < -0.4 is 10.6 Å². The van der Waals surface area contributed by atoms with E-state index in [-0.39, 0.29) is 49.6 Å². The van der Waals surface area contributed by atoms with Crippen molar-refractivity contribution < 1.29 is 31.9 Å². The van der Waals surface area contributed by atoms with Gasteiger partial charge in [-0.2, -0.15) is 5.10 Å². The minimum atomic E-state index is -2.78. The third-order valence-electron chi connectivity index (χ3n) is 7.46. The lowest BCUT2D eigenvalue weighted by atomic mass is 9.79. The van der Waals surface area contributed by atoms with Crippen molar-refractivity contribution in [2.75, 3.05) is 7.11 Å². The lowest BCUT2D eigenvalue weighted by Crippen LogP contribution is -2.41. The second-order valence-corrected chi connectivity index (χ2v) is 12.2. The number of benzene rings is 1. The Labute approximate surface area is 255 Å². The second kappa shape index (κ2) is 14.5. The molecule has 5 rings (SSSR count). The molecule has 2 fully saturated rings. The summed E-state index contributed by atoms with van der Waals surface area (Å²) in [6, 6.07) is 7.30. The average molecular weight is 625 g/mol. The first-order chi connectivity index (χ1) is 20.5. The van der Waals surface area contributed by atoms with Crippen molar-refractivity contribution in [3.63, 3.8) is 0 Å². The van der Waals surface area contributed by atoms with Gasteiger partial charge >= 0.3 is 0 Å². The Morgan fingerprint density at radius 1 is 1.09 bits per heavy atom. The molecule has 3 aromatic rings. The van der Waals surface area contributed by atoms with Gasteiger partial charge in [0.15, 0.2) is 0 Å². The number of hydrogen-bond donors (Lipinski definition) is 3. The molecule has 2 saturated carbocycles. The number of alkyl halides is 4. The first kappa shape index (κ1) is 35.0. The standard InChI is InChI=1S/C22H26F2N6O2.C6H12F2O.C3H6/c1-13(2)30-18(5-6-27-30)21(32)26-12-19-28-16-4-3-14(7-17(16)29-19)11-25-20(31)8-15-9-22(23,24)10-15;1-5(2,9-4)6(3,7)8;1-2-3-1/h3-7,13,15H,8-12H2,1-2H3,(H,25,31)(H,26,32)(H,28,29);1-4H3;1-3H2. The zero-order chi connectivity index (χ0) is 32.7. The molecule has 2 heterocycles. The maximum Gasteiger partial charge on any atom is 0.273 e. The van der Waals surface area contributed by atoms with Crippen molar-refractivity contribution in [2.24, 2.45) is 5.92 Å². The number of aromatic nitrogens is 4. The molecule has 2 aliphatic carbocycles. The van der Waals surface area contributed by atoms with Crippen molar-refractivity contribution in [2.45, 2.75) is 110 Å². The zero-order valence-electron chi connectivity index (χ0n) is 26.3. The Morgan fingerprint density at radius 3 is 2.27 bits per heavy atom. The molecule has 0 saturated heterocycles. The van der Waals surface area contributed by atoms with E-state index in [2.05, 4.69) is 30.4 Å². The van der Waals surface area contributed by atoms with Crippen LogP contribution in [-0.4, -0.2) is 56.1 Å². The molecule has 0 aliphatic heterocycles. The van der Waals surface area contributed by atoms with E-state index in [1.165, 1.54) is 40.2 Å². The molecule has 1 aromatic carbocycles. The topological polar surface area (TPSA) is 114 Å². The summed E-state index contributed by atoms with van der Waals surface area (Å²) in [5.41, 5.74) is 1.53. The molecule has 9 nitrogen and oxygen atoms in total. The first-order valence-corrected chi connectivity index (χ1v) is 14.9. The number of H-pyrrole nitrogens is 1. The van der Waals surface area contributed by atoms with Crippen LogP contribution >= 0.6 is 0 Å². The van der Waals surface area contributed by atoms with Gasteiger partial charge in [-0.25, -0.2) is 22.5 Å². The minimum Gasteiger partial charge on any atom is -0.373 e. The Kier molecular flexibility index (Phi) is 11.6. The van der Waals surface area contributed by atoms with Crippen LogP contribution in [0.15, 0.2) is 30.5 Å². The van der Waals surface area contributed by atoms with E-state index in [0.29, 0.717) is 18.1 Å². The molecule has 2 aliphatic rings. The third-order valence-corrected chi connectivity index (χ3v) is 7.46. The Balaban J connectivity index is 0.000000370. The summed E-state index contributed by atoms with van der Waals surface area (Å²) in [4.78, 5) is 32.1. The highest BCUT2D eigenvalue weighted by atomic mass is 19.3. The Hall–Kier alpha value is -3.48. The van der Waals surface area contributed by atoms with Crippen LogP contribution in [0.4, 0.5) is 17.6 Å². The van der Waals surface area contributed by atoms with Crippen molar-refractivity contribution >= 4 is 22.8 Å². The quantitative estimate of drug-likeness (QED) is 0.221. The van der Waals surface area contributed by atoms with Gasteiger partial charge in [-0.15, -0.1) is 0 Å². The van der Waals surface area contributed by atoms with E-state index in [1.54, 1.807) is 16.9 Å². The maximum atomic E-state index is 12.9. The van der Waals surface area contributed by atoms with Gasteiger partial charge in [-0.1, -0.05) is 25.3 Å². The van der Waals surface area contributed by atoms with Crippen LogP contribution in [0.2, 0.25) is 0 Å². The van der Waals surface area contributed by atoms with Gasteiger partial charge in [-0.3, -0.25) is 14.3 Å². The molecular weight excluding hydrogens is 580 g/mol. The number of nitrogens with zero attached hydrogens (tertiary/aromatic N) is 3. The third kappa shape index (κ3) is 10.3. The van der Waals surface area contributed by atoms with Crippen molar-refractivity contribution in [3.8, 4) is 0 Å². The van der Waals surface area contributed by atoms with Crippen molar-refractivity contribution in [1.82, 2.24) is 30.4 Å². The van der Waals surface area contributed by atoms with Gasteiger partial charge in [0.25, 0.3) is 11.8 Å². The van der Waals surface area contributed by atoms with Gasteiger partial charge < -0.3 is 20.4 Å². The van der Waals surface area contributed by atoms with Gasteiger partial charge in [0, 0.05) is 52.1 Å². The predicted octanol–water partition coefficient (Wildman–Crippen LogP) is 6.56. The summed E-state index contributed by atoms with van der Waals surface area (Å²) in [5.74, 6) is -5.47. The monoisotopic (exact) mass is 624 g/mol. The predicted molar refractivity (Wildman–Crippen MR) is 160 cm³/mol. The summed E-state index contributed by atoms with van der Waals surface area (Å²) in [5, 5.41) is 9.79. The molecule has 0 unspecified atom stereocenters. The molecule has 244 valence electrons. The summed E-state index contributed by atoms with van der Waals surface area (Å²) in [7, 11) is 1.28. The molecule has 3 N–H and O–H groups in total. The van der Waals surface area contributed by atoms with E-state index in [0.717, 1.165) is 23.5 Å². The number of halogens is 4. The maximum absolute atomic E-state index is 12.9. The fourth-order valence-electron chi connectivity index (χ4n) is 4.11. The lowest BCUT2D eigenvalue weighted by Gasteiger charge is -2.34. The summed E-state index contributed by atoms with van der Waals surface area (Å²) >= 11 is 0. The average Bonchev–Trinajstić information content (AvgIpc) is 3.62. The number of fused-ring (bicyclic) bond motifs is 1. The van der Waals surface area contributed by atoms with E-state index < -0.39 is 17.4 Å². The second-order valence-electron chi connectivity index (χ2n) is 12.2. The van der Waals surface area contributed by atoms with Gasteiger partial charge in [0.2, 0.25) is 11.8 Å². The molecule has 13 heteroatoms. The van der Waals surface area contributed by atoms with E-state index >= 15 is 0 Å². The van der Waals surface area contributed by atoms with Gasteiger partial charge in [0.05, 0.1) is 17.6 Å². The summed E-state index contributed by atoms with van der Waals surface area (Å²) in [6.45, 7) is 8.00. The fourth-order valence-corrected chi connectivity index (χ4v) is 4.11. The number of carbonyl (C=O) groups excluding carboxylic acids is 2. The molecule has 2 amide bonds. The summed E-state index contributed by atoms with van der Waals surface area (Å²) in [6.07, 6.45) is 5.80. The highest BCUT2D eigenvalue weighted by Crippen LogP contribution is 2.43. The number of methoxy groups -OCH3 is 1. The van der Waals surface area contributed by atoms with Crippen LogP contribution in [0.3, 0.4) is 0 Å². The van der Waals surface area contributed by atoms with Crippen LogP contribution in [0.1, 0.15) is 101 Å². The smallest absolute Gasteiger partial charge is 0.273 e. The SMILES string of the molecule is C1CC1.CC(C)n1nccc1C(=O)NCc1nc2ccc(CNC(=O)CC3CC(F)(F)C3)cc2[nH]1.COC(C)(C)C(C)(F)F. The zero-order valence-corrected chi connectivity index (χ0v) is 26.3. The molecule has 0 bridgehead atoms. The van der Waals surface area contributed by atoms with Crippen LogP contribution in [0, 0.1) is 5.92 Å². The largest absolute Gasteiger partial charge is 0.373 e. The van der Waals surface area contributed by atoms with E-state index in [1.807, 2.05) is 32.0 Å². The fraction of sp³-hybridized carbons (Fsp3) is 0.613. The Bertz CT molecular complexity index is 1380. The Morgan fingerprint density at radius 2 is 1.75 bits per heavy atom. The number of aromatic amines is 1. The van der Waals surface area contributed by atoms with Crippen LogP contribution in [-0.2, 0) is 22.6 Å². The highest BCUT2D eigenvalue weighted by molar-refractivity contribution is 5.92. The van der Waals surface area contributed by atoms with Crippen molar-refractivity contribution in [1.29, 1.82) is 0 Å². The highest BCUT2D eigenvalue weighted by Gasteiger charge is 2.45. The van der Waals surface area contributed by atoms with Crippen LogP contribution in [0.5, 0.6) is 0 Å². The van der Waals surface area contributed by atoms with Crippen molar-refractivity contribution in [3.05, 3.63) is 47.5 Å². The normalized spacial score (nSPS) is 15.9. The molecule has 0 spiro atoms. The number of ether oxygens (including phenoxy) is 1. The number of nitrogens with one attached hydrogen (secondary N) is 3. The molecule has 44 heavy (non-hydrogen) atoms. The number of hydrogen-bond acceptors (Lipinski definition) is 5. The lowest BCUT2D eigenvalue weighted by molar-refractivity contribution is -0.165. The number of amides is 2. The molecular formula is C31H44F4N6O3. The number of carbonyl (C=O) groups is 2. The summed E-state index contributed by atoms with van der Waals surface area (Å²) < 4.78 is 56.7. The molecule has 2 aromatic heterocycles. The first-order valence-electron chi connectivity index (χ1n) is 14.9. The van der Waals surface area contributed by atoms with Gasteiger partial charge in [0.1, 0.15) is 17.1 Å². The van der Waals surface area contributed by atoms with E-state index in [9.17, 15) is 27.2 Å². The van der Waals surface area contributed by atoms with Gasteiger partial charge in [-0.05, 0) is 57.4 Å². The number of imidazole rings is 1. The van der Waals surface area contributed by atoms with E-state index in [4.69, 9.17) is 0 Å².